The number of nitrogens with two attached hydrogens (primary N) is 1. The van der Waals surface area contributed by atoms with Gasteiger partial charge in [-0.15, -0.1) is 0 Å². The van der Waals surface area contributed by atoms with Crippen LogP contribution in [-0.2, 0) is 4.65 Å². The van der Waals surface area contributed by atoms with Gasteiger partial charge in [0.2, 0.25) is 0 Å². The Morgan fingerprint density at radius 2 is 2.19 bits per heavy atom. The van der Waals surface area contributed by atoms with Crippen LogP contribution in [0.15, 0.2) is 12.1 Å². The maximum absolute atomic E-state index is 9.83. The zero-order chi connectivity index (χ0) is 11.1. The van der Waals surface area contributed by atoms with Crippen LogP contribution < -0.4 is 20.7 Å². The van der Waals surface area contributed by atoms with Crippen molar-refractivity contribution in [2.24, 2.45) is 5.73 Å². The van der Waals surface area contributed by atoms with E-state index >= 15 is 0 Å². The highest BCUT2D eigenvalue weighted by Crippen LogP contribution is 2.35. The normalized spacial score (nSPS) is 22.1. The number of rotatable bonds is 1. The van der Waals surface area contributed by atoms with Crippen molar-refractivity contribution in [2.75, 3.05) is 19.8 Å². The molecule has 0 bridgehead atoms. The van der Waals surface area contributed by atoms with Crippen LogP contribution in [0.4, 0.5) is 0 Å². The Balaban J connectivity index is 2.13. The van der Waals surface area contributed by atoms with Crippen LogP contribution in [0.5, 0.6) is 11.5 Å². The lowest BCUT2D eigenvalue weighted by molar-refractivity contribution is 0.173. The SMILES string of the molecule is NCC1OB(O)c2c1ccc1c2OCCO1. The molecule has 0 aliphatic carbocycles. The summed E-state index contributed by atoms with van der Waals surface area (Å²) in [4.78, 5) is 0. The van der Waals surface area contributed by atoms with Gasteiger partial charge in [-0.3, -0.25) is 0 Å². The van der Waals surface area contributed by atoms with Crippen LogP contribution in [0.1, 0.15) is 11.7 Å². The Morgan fingerprint density at radius 1 is 1.38 bits per heavy atom. The maximum atomic E-state index is 9.83. The molecule has 2 heterocycles. The second-order valence-corrected chi connectivity index (χ2v) is 3.81. The lowest BCUT2D eigenvalue weighted by Crippen LogP contribution is -2.32. The summed E-state index contributed by atoms with van der Waals surface area (Å²) in [5.41, 5.74) is 7.13. The molecule has 0 spiro atoms. The molecule has 5 nitrogen and oxygen atoms in total. The van der Waals surface area contributed by atoms with Gasteiger partial charge in [0, 0.05) is 12.0 Å². The quantitative estimate of drug-likeness (QED) is 0.606. The average Bonchev–Trinajstić information content (AvgIpc) is 2.66. The Morgan fingerprint density at radius 3 is 3.00 bits per heavy atom. The van der Waals surface area contributed by atoms with Gasteiger partial charge in [0.05, 0.1) is 6.10 Å². The molecule has 0 radical (unpaired) electrons. The van der Waals surface area contributed by atoms with Gasteiger partial charge in [0.1, 0.15) is 13.2 Å². The van der Waals surface area contributed by atoms with E-state index in [1.165, 1.54) is 0 Å². The largest absolute Gasteiger partial charge is 0.496 e. The first kappa shape index (κ1) is 9.95. The van der Waals surface area contributed by atoms with Gasteiger partial charge < -0.3 is 24.9 Å². The van der Waals surface area contributed by atoms with E-state index < -0.39 is 7.12 Å². The molecule has 2 aliphatic heterocycles. The lowest BCUT2D eigenvalue weighted by atomic mass is 9.78. The zero-order valence-corrected chi connectivity index (χ0v) is 8.68. The summed E-state index contributed by atoms with van der Waals surface area (Å²) in [7, 11) is -0.972. The molecule has 3 N–H and O–H groups in total. The zero-order valence-electron chi connectivity index (χ0n) is 8.68. The van der Waals surface area contributed by atoms with Gasteiger partial charge in [-0.25, -0.2) is 0 Å². The van der Waals surface area contributed by atoms with Crippen LogP contribution in [0.3, 0.4) is 0 Å². The summed E-state index contributed by atoms with van der Waals surface area (Å²) in [5, 5.41) is 9.83. The molecule has 0 amide bonds. The van der Waals surface area contributed by atoms with Crippen LogP contribution in [0, 0.1) is 0 Å². The fourth-order valence-electron chi connectivity index (χ4n) is 2.17. The molecule has 6 heteroatoms. The van der Waals surface area contributed by atoms with Crippen LogP contribution in [-0.4, -0.2) is 31.9 Å². The van der Waals surface area contributed by atoms with Crippen molar-refractivity contribution in [3.8, 4) is 11.5 Å². The van der Waals surface area contributed by atoms with E-state index in [-0.39, 0.29) is 6.10 Å². The highest BCUT2D eigenvalue weighted by Gasteiger charge is 2.39. The number of ether oxygens (including phenoxy) is 2. The summed E-state index contributed by atoms with van der Waals surface area (Å²) in [6.07, 6.45) is -0.263. The molecule has 1 unspecified atom stereocenters. The van der Waals surface area contributed by atoms with Crippen molar-refractivity contribution in [1.29, 1.82) is 0 Å². The van der Waals surface area contributed by atoms with Crippen molar-refractivity contribution in [2.45, 2.75) is 6.10 Å². The fourth-order valence-corrected chi connectivity index (χ4v) is 2.17. The van der Waals surface area contributed by atoms with Gasteiger partial charge in [0.25, 0.3) is 0 Å². The molecular formula is C10H12BNO4. The lowest BCUT2D eigenvalue weighted by Gasteiger charge is -2.21. The van der Waals surface area contributed by atoms with E-state index in [1.54, 1.807) is 0 Å². The maximum Gasteiger partial charge on any atom is 0.496 e. The average molecular weight is 221 g/mol. The summed E-state index contributed by atoms with van der Waals surface area (Å²) in [6.45, 7) is 1.36. The van der Waals surface area contributed by atoms with Crippen LogP contribution in [0.25, 0.3) is 0 Å². The van der Waals surface area contributed by atoms with E-state index in [9.17, 15) is 5.02 Å². The van der Waals surface area contributed by atoms with Gasteiger partial charge in [-0.2, -0.15) is 0 Å². The predicted octanol–water partition coefficient (Wildman–Crippen LogP) is -0.825. The van der Waals surface area contributed by atoms with E-state index in [0.29, 0.717) is 36.7 Å². The molecule has 0 saturated heterocycles. The molecule has 16 heavy (non-hydrogen) atoms. The second kappa shape index (κ2) is 3.66. The van der Waals surface area contributed by atoms with Gasteiger partial charge in [-0.05, 0) is 11.6 Å². The minimum Gasteiger partial charge on any atom is -0.486 e. The molecule has 0 saturated carbocycles. The number of hydrogen-bond acceptors (Lipinski definition) is 5. The van der Waals surface area contributed by atoms with Gasteiger partial charge in [0.15, 0.2) is 11.5 Å². The van der Waals surface area contributed by atoms with Crippen molar-refractivity contribution in [3.05, 3.63) is 17.7 Å². The number of hydrogen-bond donors (Lipinski definition) is 2. The molecule has 0 fully saturated rings. The molecule has 3 rings (SSSR count). The molecule has 1 aromatic rings. The van der Waals surface area contributed by atoms with Gasteiger partial charge in [-0.1, -0.05) is 6.07 Å². The molecular weight excluding hydrogens is 209 g/mol. The minimum atomic E-state index is -0.972. The van der Waals surface area contributed by atoms with E-state index in [4.69, 9.17) is 19.9 Å². The minimum absolute atomic E-state index is 0.263. The molecule has 2 aliphatic rings. The molecule has 0 aromatic heterocycles. The Hall–Kier alpha value is -1.24. The third-order valence-corrected chi connectivity index (χ3v) is 2.88. The topological polar surface area (TPSA) is 73.9 Å². The van der Waals surface area contributed by atoms with Crippen LogP contribution in [0.2, 0.25) is 0 Å². The first-order chi connectivity index (χ1) is 7.81. The van der Waals surface area contributed by atoms with Crippen molar-refractivity contribution in [3.63, 3.8) is 0 Å². The van der Waals surface area contributed by atoms with E-state index in [0.717, 1.165) is 5.56 Å². The summed E-state index contributed by atoms with van der Waals surface area (Å²) in [5.74, 6) is 1.25. The molecule has 1 atom stereocenters. The second-order valence-electron chi connectivity index (χ2n) is 3.81. The van der Waals surface area contributed by atoms with E-state index in [2.05, 4.69) is 0 Å². The standard InChI is InChI=1S/C10H12BNO4/c12-5-8-6-1-2-7-10(15-4-3-14-7)9(6)11(13)16-8/h1-2,8,13H,3-5,12H2. The predicted molar refractivity (Wildman–Crippen MR) is 57.9 cm³/mol. The van der Waals surface area contributed by atoms with Crippen molar-refractivity contribution in [1.82, 2.24) is 0 Å². The Labute approximate surface area is 93.2 Å². The number of benzene rings is 1. The highest BCUT2D eigenvalue weighted by atomic mass is 16.6. The van der Waals surface area contributed by atoms with Crippen LogP contribution >= 0.6 is 0 Å². The summed E-state index contributed by atoms with van der Waals surface area (Å²) < 4.78 is 16.3. The summed E-state index contributed by atoms with van der Waals surface area (Å²) in [6, 6.07) is 3.70. The summed E-state index contributed by atoms with van der Waals surface area (Å²) >= 11 is 0. The smallest absolute Gasteiger partial charge is 0.486 e. The Kier molecular flexibility index (Phi) is 2.28. The fraction of sp³-hybridized carbons (Fsp3) is 0.400. The highest BCUT2D eigenvalue weighted by molar-refractivity contribution is 6.63. The third kappa shape index (κ3) is 1.31. The molecule has 1 aromatic carbocycles. The first-order valence-electron chi connectivity index (χ1n) is 5.27. The number of fused-ring (bicyclic) bond motifs is 3. The van der Waals surface area contributed by atoms with Gasteiger partial charge >= 0.3 is 7.12 Å². The Bertz CT molecular complexity index is 426. The van der Waals surface area contributed by atoms with E-state index in [1.807, 2.05) is 12.1 Å². The first-order valence-corrected chi connectivity index (χ1v) is 5.27. The third-order valence-electron chi connectivity index (χ3n) is 2.88. The van der Waals surface area contributed by atoms with Crippen molar-refractivity contribution >= 4 is 12.6 Å². The molecule has 84 valence electrons. The van der Waals surface area contributed by atoms with Crippen molar-refractivity contribution < 1.29 is 19.2 Å². The monoisotopic (exact) mass is 221 g/mol.